The fourth-order valence-electron chi connectivity index (χ4n) is 2.08. The van der Waals surface area contributed by atoms with Crippen molar-refractivity contribution in [2.45, 2.75) is 19.9 Å². The number of anilines is 2. The number of benzene rings is 2. The smallest absolute Gasteiger partial charge is 0.0693 e. The Morgan fingerprint density at radius 2 is 1.55 bits per heavy atom. The summed E-state index contributed by atoms with van der Waals surface area (Å²) < 4.78 is 0. The Hall–Kier alpha value is -1.38. The number of halogens is 2. The van der Waals surface area contributed by atoms with E-state index in [2.05, 4.69) is 36.1 Å². The van der Waals surface area contributed by atoms with Gasteiger partial charge in [-0.15, -0.1) is 0 Å². The van der Waals surface area contributed by atoms with Crippen LogP contribution >= 0.6 is 23.2 Å². The summed E-state index contributed by atoms with van der Waals surface area (Å²) in [5.74, 6) is 0. The van der Waals surface area contributed by atoms with Gasteiger partial charge < -0.3 is 10.6 Å². The highest BCUT2D eigenvalue weighted by atomic mass is 35.5. The molecular weight excluding hydrogens is 291 g/mol. The van der Waals surface area contributed by atoms with Crippen LogP contribution in [0.15, 0.2) is 36.4 Å². The van der Waals surface area contributed by atoms with E-state index in [1.165, 1.54) is 5.56 Å². The fraction of sp³-hybridized carbons (Fsp3) is 0.250. The first-order valence-electron chi connectivity index (χ1n) is 6.54. The molecule has 0 spiro atoms. The molecule has 106 valence electrons. The van der Waals surface area contributed by atoms with E-state index in [1.54, 1.807) is 0 Å². The van der Waals surface area contributed by atoms with Gasteiger partial charge in [0.25, 0.3) is 0 Å². The van der Waals surface area contributed by atoms with Gasteiger partial charge in [0.05, 0.1) is 15.7 Å². The molecule has 2 rings (SSSR count). The SMILES string of the molecule is CCc1ccc(N(C)Cc2cc(Cl)c(N)c(Cl)c2)cc1. The van der Waals surface area contributed by atoms with Crippen molar-refractivity contribution >= 4 is 34.6 Å². The summed E-state index contributed by atoms with van der Waals surface area (Å²) in [5.41, 5.74) is 9.71. The summed E-state index contributed by atoms with van der Waals surface area (Å²) in [4.78, 5) is 2.15. The predicted octanol–water partition coefficient (Wildman–Crippen LogP) is 4.77. The van der Waals surface area contributed by atoms with Crippen LogP contribution in [0.3, 0.4) is 0 Å². The molecule has 0 atom stereocenters. The zero-order valence-corrected chi connectivity index (χ0v) is 13.2. The fourth-order valence-corrected chi connectivity index (χ4v) is 2.61. The molecule has 2 aromatic rings. The second kappa shape index (κ2) is 6.38. The van der Waals surface area contributed by atoms with Crippen LogP contribution in [0.1, 0.15) is 18.1 Å². The van der Waals surface area contributed by atoms with Crippen molar-refractivity contribution < 1.29 is 0 Å². The van der Waals surface area contributed by atoms with Gasteiger partial charge in [0, 0.05) is 19.3 Å². The number of nitrogens with zero attached hydrogens (tertiary/aromatic N) is 1. The highest BCUT2D eigenvalue weighted by molar-refractivity contribution is 6.38. The molecule has 0 saturated heterocycles. The van der Waals surface area contributed by atoms with Gasteiger partial charge in [0.1, 0.15) is 0 Å². The van der Waals surface area contributed by atoms with E-state index < -0.39 is 0 Å². The molecule has 0 aromatic heterocycles. The molecule has 0 fully saturated rings. The van der Waals surface area contributed by atoms with E-state index in [0.29, 0.717) is 15.7 Å². The van der Waals surface area contributed by atoms with E-state index in [1.807, 2.05) is 19.2 Å². The maximum Gasteiger partial charge on any atom is 0.0693 e. The molecule has 0 radical (unpaired) electrons. The van der Waals surface area contributed by atoms with Gasteiger partial charge in [-0.3, -0.25) is 0 Å². The summed E-state index contributed by atoms with van der Waals surface area (Å²) in [5, 5.41) is 1.00. The van der Waals surface area contributed by atoms with Crippen molar-refractivity contribution in [2.75, 3.05) is 17.7 Å². The first-order chi connectivity index (χ1) is 9.51. The molecule has 0 unspecified atom stereocenters. The molecule has 0 aliphatic heterocycles. The lowest BCUT2D eigenvalue weighted by Gasteiger charge is -2.20. The molecule has 2 aromatic carbocycles. The topological polar surface area (TPSA) is 29.3 Å². The number of nitrogen functional groups attached to an aromatic ring is 1. The van der Waals surface area contributed by atoms with Crippen LogP contribution in [0.2, 0.25) is 10.0 Å². The summed E-state index contributed by atoms with van der Waals surface area (Å²) in [6.07, 6.45) is 1.05. The van der Waals surface area contributed by atoms with Gasteiger partial charge >= 0.3 is 0 Å². The van der Waals surface area contributed by atoms with Crippen LogP contribution in [0.5, 0.6) is 0 Å². The summed E-state index contributed by atoms with van der Waals surface area (Å²) in [6.45, 7) is 2.88. The molecule has 0 heterocycles. The Balaban J connectivity index is 2.16. The lowest BCUT2D eigenvalue weighted by atomic mass is 10.1. The third kappa shape index (κ3) is 3.38. The largest absolute Gasteiger partial charge is 0.396 e. The maximum absolute atomic E-state index is 6.06. The minimum Gasteiger partial charge on any atom is -0.396 e. The third-order valence-corrected chi connectivity index (χ3v) is 3.97. The molecule has 0 aliphatic carbocycles. The molecule has 0 bridgehead atoms. The van der Waals surface area contributed by atoms with Crippen LogP contribution in [-0.4, -0.2) is 7.05 Å². The average molecular weight is 309 g/mol. The zero-order chi connectivity index (χ0) is 14.7. The lowest BCUT2D eigenvalue weighted by Crippen LogP contribution is -2.16. The first-order valence-corrected chi connectivity index (χ1v) is 7.30. The minimum absolute atomic E-state index is 0.437. The second-order valence-corrected chi connectivity index (χ2v) is 5.66. The van der Waals surface area contributed by atoms with Crippen LogP contribution in [0.4, 0.5) is 11.4 Å². The molecule has 0 aliphatic rings. The molecular formula is C16H18Cl2N2. The highest BCUT2D eigenvalue weighted by Gasteiger charge is 2.07. The Kier molecular flexibility index (Phi) is 4.79. The van der Waals surface area contributed by atoms with Crippen molar-refractivity contribution in [3.63, 3.8) is 0 Å². The van der Waals surface area contributed by atoms with Gasteiger partial charge in [-0.25, -0.2) is 0 Å². The Morgan fingerprint density at radius 3 is 2.05 bits per heavy atom. The van der Waals surface area contributed by atoms with E-state index in [0.717, 1.165) is 24.2 Å². The number of nitrogens with two attached hydrogens (primary N) is 1. The molecule has 2 N–H and O–H groups in total. The average Bonchev–Trinajstić information content (AvgIpc) is 2.44. The summed E-state index contributed by atoms with van der Waals surface area (Å²) >= 11 is 12.1. The summed E-state index contributed by atoms with van der Waals surface area (Å²) in [7, 11) is 2.04. The summed E-state index contributed by atoms with van der Waals surface area (Å²) in [6, 6.07) is 12.3. The van der Waals surface area contributed by atoms with E-state index in [9.17, 15) is 0 Å². The van der Waals surface area contributed by atoms with Crippen molar-refractivity contribution in [1.29, 1.82) is 0 Å². The van der Waals surface area contributed by atoms with Gasteiger partial charge in [-0.1, -0.05) is 42.3 Å². The molecule has 0 saturated carbocycles. The standard InChI is InChI=1S/C16H18Cl2N2/c1-3-11-4-6-13(7-5-11)20(2)10-12-8-14(17)16(19)15(18)9-12/h4-9H,3,10,19H2,1-2H3. The van der Waals surface area contributed by atoms with Crippen molar-refractivity contribution in [1.82, 2.24) is 0 Å². The van der Waals surface area contributed by atoms with Gasteiger partial charge in [-0.2, -0.15) is 0 Å². The molecule has 0 amide bonds. The Bertz CT molecular complexity index is 571. The van der Waals surface area contributed by atoms with E-state index in [4.69, 9.17) is 28.9 Å². The van der Waals surface area contributed by atoms with Crippen LogP contribution in [0, 0.1) is 0 Å². The van der Waals surface area contributed by atoms with Gasteiger partial charge in [0.2, 0.25) is 0 Å². The van der Waals surface area contributed by atoms with E-state index in [-0.39, 0.29) is 0 Å². The number of rotatable bonds is 4. The van der Waals surface area contributed by atoms with Gasteiger partial charge in [0.15, 0.2) is 0 Å². The molecule has 20 heavy (non-hydrogen) atoms. The predicted molar refractivity (Wildman–Crippen MR) is 88.8 cm³/mol. The number of aryl methyl sites for hydroxylation is 1. The molecule has 4 heteroatoms. The van der Waals surface area contributed by atoms with Crippen LogP contribution in [-0.2, 0) is 13.0 Å². The molecule has 2 nitrogen and oxygen atoms in total. The maximum atomic E-state index is 6.06. The second-order valence-electron chi connectivity index (χ2n) is 4.85. The zero-order valence-electron chi connectivity index (χ0n) is 11.7. The quantitative estimate of drug-likeness (QED) is 0.824. The van der Waals surface area contributed by atoms with Crippen molar-refractivity contribution in [2.24, 2.45) is 0 Å². The van der Waals surface area contributed by atoms with Gasteiger partial charge in [-0.05, 0) is 41.8 Å². The number of hydrogen-bond donors (Lipinski definition) is 1. The van der Waals surface area contributed by atoms with Crippen molar-refractivity contribution in [3.05, 3.63) is 57.6 Å². The Morgan fingerprint density at radius 1 is 1.00 bits per heavy atom. The normalized spacial score (nSPS) is 10.6. The van der Waals surface area contributed by atoms with Crippen molar-refractivity contribution in [3.8, 4) is 0 Å². The number of hydrogen-bond acceptors (Lipinski definition) is 2. The van der Waals surface area contributed by atoms with Crippen LogP contribution in [0.25, 0.3) is 0 Å². The Labute approximate surface area is 130 Å². The van der Waals surface area contributed by atoms with Crippen LogP contribution < -0.4 is 10.6 Å². The minimum atomic E-state index is 0.437. The monoisotopic (exact) mass is 308 g/mol. The van der Waals surface area contributed by atoms with E-state index >= 15 is 0 Å². The third-order valence-electron chi connectivity index (χ3n) is 3.34. The first kappa shape index (κ1) is 15.0. The highest BCUT2D eigenvalue weighted by Crippen LogP contribution is 2.29. The lowest BCUT2D eigenvalue weighted by molar-refractivity contribution is 0.922.